The molecular formula is C21H25N3. The Hall–Kier alpha value is -2.29. The minimum Gasteiger partial charge on any atom is -0.256 e. The summed E-state index contributed by atoms with van der Waals surface area (Å²) in [6, 6.07) is 10.7. The molecule has 0 fully saturated rings. The van der Waals surface area contributed by atoms with E-state index >= 15 is 0 Å². The van der Waals surface area contributed by atoms with Crippen LogP contribution in [0.1, 0.15) is 51.4 Å². The van der Waals surface area contributed by atoms with Gasteiger partial charge in [0.1, 0.15) is 6.33 Å². The Balaban J connectivity index is 2.08. The average molecular weight is 319 g/mol. The predicted octanol–water partition coefficient (Wildman–Crippen LogP) is 4.84. The first-order valence-corrected chi connectivity index (χ1v) is 8.43. The molecule has 0 aliphatic rings. The lowest BCUT2D eigenvalue weighted by atomic mass is 9.80. The molecule has 3 nitrogen and oxygen atoms in total. The van der Waals surface area contributed by atoms with Gasteiger partial charge < -0.3 is 0 Å². The van der Waals surface area contributed by atoms with E-state index in [0.29, 0.717) is 0 Å². The Labute approximate surface area is 144 Å². The van der Waals surface area contributed by atoms with Crippen LogP contribution < -0.4 is 0 Å². The summed E-state index contributed by atoms with van der Waals surface area (Å²) in [5.41, 5.74) is 4.79. The maximum Gasteiger partial charge on any atom is 0.115 e. The molecule has 0 atom stereocenters. The van der Waals surface area contributed by atoms with Gasteiger partial charge in [-0.3, -0.25) is 4.98 Å². The lowest BCUT2D eigenvalue weighted by molar-refractivity contribution is 0.505. The lowest BCUT2D eigenvalue weighted by Gasteiger charge is -2.26. The SMILES string of the molecule is CC(C)(C)c1ccnc2c(CC(C)(C)c3ccncn3)cccc12. The Kier molecular flexibility index (Phi) is 4.12. The highest BCUT2D eigenvalue weighted by molar-refractivity contribution is 5.86. The fourth-order valence-electron chi connectivity index (χ4n) is 3.29. The van der Waals surface area contributed by atoms with Crippen molar-refractivity contribution in [3.63, 3.8) is 0 Å². The van der Waals surface area contributed by atoms with Crippen LogP contribution in [0.15, 0.2) is 49.1 Å². The van der Waals surface area contributed by atoms with Crippen LogP contribution in [0.25, 0.3) is 10.9 Å². The van der Waals surface area contributed by atoms with E-state index in [-0.39, 0.29) is 10.8 Å². The Bertz CT molecular complexity index is 846. The van der Waals surface area contributed by atoms with Crippen molar-refractivity contribution < 1.29 is 0 Å². The second-order valence-electron chi connectivity index (χ2n) is 8.08. The van der Waals surface area contributed by atoms with E-state index in [2.05, 4.69) is 68.9 Å². The summed E-state index contributed by atoms with van der Waals surface area (Å²) in [5, 5.41) is 1.25. The molecule has 0 amide bonds. The molecule has 124 valence electrons. The van der Waals surface area contributed by atoms with Gasteiger partial charge in [0, 0.05) is 28.9 Å². The zero-order chi connectivity index (χ0) is 17.4. The Morgan fingerprint density at radius 2 is 1.67 bits per heavy atom. The number of pyridine rings is 1. The summed E-state index contributed by atoms with van der Waals surface area (Å²) in [6.07, 6.45) is 6.26. The van der Waals surface area contributed by atoms with Crippen LogP contribution in [-0.4, -0.2) is 15.0 Å². The van der Waals surface area contributed by atoms with E-state index in [1.807, 2.05) is 18.5 Å². The monoisotopic (exact) mass is 319 g/mol. The lowest BCUT2D eigenvalue weighted by Crippen LogP contribution is -2.22. The average Bonchev–Trinajstić information content (AvgIpc) is 2.54. The van der Waals surface area contributed by atoms with Crippen molar-refractivity contribution in [1.82, 2.24) is 15.0 Å². The third-order valence-corrected chi connectivity index (χ3v) is 4.57. The number of benzene rings is 1. The van der Waals surface area contributed by atoms with Gasteiger partial charge in [0.2, 0.25) is 0 Å². The van der Waals surface area contributed by atoms with Crippen molar-refractivity contribution in [2.24, 2.45) is 0 Å². The number of fused-ring (bicyclic) bond motifs is 1. The van der Waals surface area contributed by atoms with E-state index < -0.39 is 0 Å². The normalized spacial score (nSPS) is 12.5. The maximum atomic E-state index is 4.70. The topological polar surface area (TPSA) is 38.7 Å². The van der Waals surface area contributed by atoms with Crippen molar-refractivity contribution >= 4 is 10.9 Å². The molecule has 0 bridgehead atoms. The first-order chi connectivity index (χ1) is 11.3. The summed E-state index contributed by atoms with van der Waals surface area (Å²) in [5.74, 6) is 0. The van der Waals surface area contributed by atoms with Crippen LogP contribution >= 0.6 is 0 Å². The molecule has 0 saturated carbocycles. The van der Waals surface area contributed by atoms with Crippen molar-refractivity contribution in [2.75, 3.05) is 0 Å². The molecular weight excluding hydrogens is 294 g/mol. The number of hydrogen-bond acceptors (Lipinski definition) is 3. The summed E-state index contributed by atoms with van der Waals surface area (Å²) in [6.45, 7) is 11.2. The number of para-hydroxylation sites is 1. The molecule has 2 heterocycles. The highest BCUT2D eigenvalue weighted by Crippen LogP contribution is 2.33. The molecule has 2 aromatic heterocycles. The molecule has 0 unspecified atom stereocenters. The summed E-state index contributed by atoms with van der Waals surface area (Å²) < 4.78 is 0. The Morgan fingerprint density at radius 3 is 2.33 bits per heavy atom. The van der Waals surface area contributed by atoms with E-state index in [0.717, 1.165) is 17.6 Å². The third-order valence-electron chi connectivity index (χ3n) is 4.57. The van der Waals surface area contributed by atoms with Crippen LogP contribution in [-0.2, 0) is 17.3 Å². The molecule has 3 aromatic rings. The van der Waals surface area contributed by atoms with E-state index in [1.165, 1.54) is 16.5 Å². The zero-order valence-corrected chi connectivity index (χ0v) is 15.2. The minimum absolute atomic E-state index is 0.0728. The van der Waals surface area contributed by atoms with Gasteiger partial charge in [-0.1, -0.05) is 52.8 Å². The van der Waals surface area contributed by atoms with Gasteiger partial charge >= 0.3 is 0 Å². The quantitative estimate of drug-likeness (QED) is 0.693. The maximum absolute atomic E-state index is 4.70. The van der Waals surface area contributed by atoms with Crippen LogP contribution in [0.5, 0.6) is 0 Å². The van der Waals surface area contributed by atoms with Gasteiger partial charge in [0.25, 0.3) is 0 Å². The molecule has 0 aliphatic heterocycles. The van der Waals surface area contributed by atoms with Gasteiger partial charge in [-0.05, 0) is 35.1 Å². The molecule has 0 N–H and O–H groups in total. The third kappa shape index (κ3) is 3.16. The van der Waals surface area contributed by atoms with Gasteiger partial charge in [-0.25, -0.2) is 9.97 Å². The highest BCUT2D eigenvalue weighted by atomic mass is 14.8. The second kappa shape index (κ2) is 5.97. The van der Waals surface area contributed by atoms with Crippen LogP contribution in [0.2, 0.25) is 0 Å². The predicted molar refractivity (Wildman–Crippen MR) is 99.2 cm³/mol. The van der Waals surface area contributed by atoms with Crippen molar-refractivity contribution in [3.8, 4) is 0 Å². The van der Waals surface area contributed by atoms with Crippen molar-refractivity contribution in [3.05, 3.63) is 65.9 Å². The highest BCUT2D eigenvalue weighted by Gasteiger charge is 2.25. The fourth-order valence-corrected chi connectivity index (χ4v) is 3.29. The first kappa shape index (κ1) is 16.6. The molecule has 0 aliphatic carbocycles. The van der Waals surface area contributed by atoms with Crippen LogP contribution in [0, 0.1) is 0 Å². The zero-order valence-electron chi connectivity index (χ0n) is 15.2. The van der Waals surface area contributed by atoms with Gasteiger partial charge in [0.15, 0.2) is 0 Å². The van der Waals surface area contributed by atoms with E-state index in [4.69, 9.17) is 4.98 Å². The van der Waals surface area contributed by atoms with E-state index in [1.54, 1.807) is 6.33 Å². The molecule has 24 heavy (non-hydrogen) atoms. The van der Waals surface area contributed by atoms with Gasteiger partial charge in [-0.15, -0.1) is 0 Å². The number of hydrogen-bond donors (Lipinski definition) is 0. The van der Waals surface area contributed by atoms with Crippen molar-refractivity contribution in [1.29, 1.82) is 0 Å². The van der Waals surface area contributed by atoms with Gasteiger partial charge in [-0.2, -0.15) is 0 Å². The summed E-state index contributed by atoms with van der Waals surface area (Å²) in [7, 11) is 0. The van der Waals surface area contributed by atoms with Gasteiger partial charge in [0.05, 0.1) is 5.52 Å². The van der Waals surface area contributed by atoms with Crippen molar-refractivity contribution in [2.45, 2.75) is 51.9 Å². The largest absolute Gasteiger partial charge is 0.256 e. The molecule has 1 aromatic carbocycles. The number of rotatable bonds is 3. The molecule has 3 rings (SSSR count). The van der Waals surface area contributed by atoms with Crippen LogP contribution in [0.3, 0.4) is 0 Å². The van der Waals surface area contributed by atoms with E-state index in [9.17, 15) is 0 Å². The second-order valence-corrected chi connectivity index (χ2v) is 8.08. The molecule has 0 spiro atoms. The summed E-state index contributed by atoms with van der Waals surface area (Å²) in [4.78, 5) is 13.2. The molecule has 0 saturated heterocycles. The molecule has 0 radical (unpaired) electrons. The standard InChI is InChI=1S/C21H25N3/c1-20(2,3)17-9-12-23-19-15(7-6-8-16(17)19)13-21(4,5)18-10-11-22-14-24-18/h6-12,14H,13H2,1-5H3. The fraction of sp³-hybridized carbons (Fsp3) is 0.381. The first-order valence-electron chi connectivity index (χ1n) is 8.43. The number of aromatic nitrogens is 3. The number of nitrogens with zero attached hydrogens (tertiary/aromatic N) is 3. The summed E-state index contributed by atoms with van der Waals surface area (Å²) >= 11 is 0. The minimum atomic E-state index is -0.0728. The van der Waals surface area contributed by atoms with Crippen LogP contribution in [0.4, 0.5) is 0 Å². The molecule has 3 heteroatoms. The Morgan fingerprint density at radius 1 is 0.875 bits per heavy atom. The smallest absolute Gasteiger partial charge is 0.115 e.